The summed E-state index contributed by atoms with van der Waals surface area (Å²) in [7, 11) is 0. The standard InChI is InChI=1S/C24H23ClN2O5S/c1-3-5-21(28)31-19-12-7-16(15-20(19)32-22(29)6-4-2)23(30)27(24-26-13-14-33-24)18-10-8-17(25)9-11-18/h7-15H,3-6H2,1-2H3. The number of amides is 1. The molecule has 3 rings (SSSR count). The lowest BCUT2D eigenvalue weighted by Crippen LogP contribution is -2.26. The van der Waals surface area contributed by atoms with Crippen molar-refractivity contribution in [1.82, 2.24) is 4.98 Å². The van der Waals surface area contributed by atoms with Crippen LogP contribution in [-0.4, -0.2) is 22.8 Å². The number of hydrogen-bond donors (Lipinski definition) is 0. The fourth-order valence-electron chi connectivity index (χ4n) is 2.92. The third kappa shape index (κ3) is 6.40. The largest absolute Gasteiger partial charge is 0.423 e. The molecule has 0 N–H and O–H groups in total. The van der Waals surface area contributed by atoms with E-state index in [0.717, 1.165) is 0 Å². The van der Waals surface area contributed by atoms with E-state index in [9.17, 15) is 14.4 Å². The fraction of sp³-hybridized carbons (Fsp3) is 0.250. The van der Waals surface area contributed by atoms with Crippen LogP contribution >= 0.6 is 22.9 Å². The van der Waals surface area contributed by atoms with E-state index in [2.05, 4.69) is 4.98 Å². The van der Waals surface area contributed by atoms with Crippen molar-refractivity contribution < 1.29 is 23.9 Å². The van der Waals surface area contributed by atoms with Crippen LogP contribution < -0.4 is 14.4 Å². The number of thiazole rings is 1. The summed E-state index contributed by atoms with van der Waals surface area (Å²) in [6.45, 7) is 3.70. The van der Waals surface area contributed by atoms with Crippen molar-refractivity contribution in [3.8, 4) is 11.5 Å². The van der Waals surface area contributed by atoms with Crippen LogP contribution in [0.5, 0.6) is 11.5 Å². The Morgan fingerprint density at radius 2 is 1.58 bits per heavy atom. The van der Waals surface area contributed by atoms with E-state index in [1.165, 1.54) is 34.4 Å². The Bertz CT molecular complexity index is 1120. The normalized spacial score (nSPS) is 10.5. The first kappa shape index (κ1) is 24.4. The van der Waals surface area contributed by atoms with E-state index in [-0.39, 0.29) is 29.9 Å². The lowest BCUT2D eigenvalue weighted by molar-refractivity contribution is -0.137. The Labute approximate surface area is 200 Å². The van der Waals surface area contributed by atoms with Crippen molar-refractivity contribution in [2.75, 3.05) is 4.90 Å². The fourth-order valence-corrected chi connectivity index (χ4v) is 3.71. The molecule has 33 heavy (non-hydrogen) atoms. The number of carbonyl (C=O) groups is 3. The molecule has 0 spiro atoms. The number of halogens is 1. The van der Waals surface area contributed by atoms with Gasteiger partial charge in [0.25, 0.3) is 5.91 Å². The van der Waals surface area contributed by atoms with E-state index in [1.807, 2.05) is 13.8 Å². The minimum absolute atomic E-state index is 0.0129. The molecular formula is C24H23ClN2O5S. The number of hydrogen-bond acceptors (Lipinski definition) is 7. The predicted molar refractivity (Wildman–Crippen MR) is 128 cm³/mol. The third-order valence-electron chi connectivity index (χ3n) is 4.44. The van der Waals surface area contributed by atoms with Crippen molar-refractivity contribution in [3.63, 3.8) is 0 Å². The highest BCUT2D eigenvalue weighted by Crippen LogP contribution is 2.34. The summed E-state index contributed by atoms with van der Waals surface area (Å²) in [6, 6.07) is 11.2. The Kier molecular flexibility index (Phi) is 8.57. The molecule has 7 nitrogen and oxygen atoms in total. The average Bonchev–Trinajstić information content (AvgIpc) is 3.31. The number of rotatable bonds is 9. The summed E-state index contributed by atoms with van der Waals surface area (Å²) in [4.78, 5) is 43.4. The van der Waals surface area contributed by atoms with Crippen molar-refractivity contribution in [1.29, 1.82) is 0 Å². The minimum atomic E-state index is -0.482. The zero-order valence-electron chi connectivity index (χ0n) is 18.2. The molecule has 1 heterocycles. The molecule has 2 aromatic carbocycles. The molecule has 1 aromatic heterocycles. The van der Waals surface area contributed by atoms with Crippen LogP contribution in [0, 0.1) is 0 Å². The highest BCUT2D eigenvalue weighted by atomic mass is 35.5. The lowest BCUT2D eigenvalue weighted by atomic mass is 10.1. The summed E-state index contributed by atoms with van der Waals surface area (Å²) < 4.78 is 10.8. The predicted octanol–water partition coefficient (Wildman–Crippen LogP) is 6.19. The molecule has 0 radical (unpaired) electrons. The molecule has 9 heteroatoms. The summed E-state index contributed by atoms with van der Waals surface area (Å²) >= 11 is 7.31. The van der Waals surface area contributed by atoms with Gasteiger partial charge in [-0.25, -0.2) is 4.98 Å². The Balaban J connectivity index is 1.99. The van der Waals surface area contributed by atoms with Gasteiger partial charge in [-0.15, -0.1) is 11.3 Å². The molecule has 0 aliphatic heterocycles. The SMILES string of the molecule is CCCC(=O)Oc1ccc(C(=O)N(c2ccc(Cl)cc2)c2nccs2)cc1OC(=O)CCC. The highest BCUT2D eigenvalue weighted by molar-refractivity contribution is 7.13. The van der Waals surface area contributed by atoms with E-state index in [0.29, 0.717) is 28.7 Å². The van der Waals surface area contributed by atoms with Gasteiger partial charge < -0.3 is 9.47 Å². The van der Waals surface area contributed by atoms with Crippen LogP contribution in [0.15, 0.2) is 54.0 Å². The zero-order chi connectivity index (χ0) is 23.8. The Hall–Kier alpha value is -3.23. The van der Waals surface area contributed by atoms with Crippen LogP contribution in [0.2, 0.25) is 5.02 Å². The van der Waals surface area contributed by atoms with Gasteiger partial charge in [-0.2, -0.15) is 0 Å². The number of ether oxygens (including phenoxy) is 2. The number of benzene rings is 2. The van der Waals surface area contributed by atoms with Crippen LogP contribution in [0.4, 0.5) is 10.8 Å². The van der Waals surface area contributed by atoms with Gasteiger partial charge in [0.2, 0.25) is 0 Å². The van der Waals surface area contributed by atoms with Gasteiger partial charge in [0.1, 0.15) is 0 Å². The van der Waals surface area contributed by atoms with Gasteiger partial charge in [0.15, 0.2) is 16.6 Å². The maximum Gasteiger partial charge on any atom is 0.311 e. The van der Waals surface area contributed by atoms with Gasteiger partial charge in [-0.3, -0.25) is 19.3 Å². The summed E-state index contributed by atoms with van der Waals surface area (Å²) in [5, 5.41) is 2.76. The zero-order valence-corrected chi connectivity index (χ0v) is 19.8. The minimum Gasteiger partial charge on any atom is -0.423 e. The lowest BCUT2D eigenvalue weighted by Gasteiger charge is -2.21. The summed E-state index contributed by atoms with van der Waals surface area (Å²) in [5.41, 5.74) is 0.803. The summed E-state index contributed by atoms with van der Waals surface area (Å²) in [5.74, 6) is -1.23. The Morgan fingerprint density at radius 3 is 2.15 bits per heavy atom. The molecular weight excluding hydrogens is 464 g/mol. The van der Waals surface area contributed by atoms with E-state index in [1.54, 1.807) is 35.8 Å². The molecule has 3 aromatic rings. The first-order chi connectivity index (χ1) is 15.9. The molecule has 0 atom stereocenters. The quantitative estimate of drug-likeness (QED) is 0.265. The number of nitrogens with zero attached hydrogens (tertiary/aromatic N) is 2. The van der Waals surface area contributed by atoms with Crippen LogP contribution in [0.1, 0.15) is 49.9 Å². The second kappa shape index (κ2) is 11.6. The first-order valence-electron chi connectivity index (χ1n) is 10.5. The van der Waals surface area contributed by atoms with Gasteiger partial charge in [0, 0.05) is 35.0 Å². The molecule has 1 amide bonds. The second-order valence-corrected chi connectivity index (χ2v) is 8.35. The average molecular weight is 487 g/mol. The van der Waals surface area contributed by atoms with Gasteiger partial charge >= 0.3 is 11.9 Å². The number of aromatic nitrogens is 1. The molecule has 0 fully saturated rings. The van der Waals surface area contributed by atoms with Crippen molar-refractivity contribution in [2.45, 2.75) is 39.5 Å². The smallest absolute Gasteiger partial charge is 0.311 e. The highest BCUT2D eigenvalue weighted by Gasteiger charge is 2.24. The van der Waals surface area contributed by atoms with Crippen molar-refractivity contribution >= 4 is 51.6 Å². The first-order valence-corrected chi connectivity index (χ1v) is 11.7. The molecule has 0 saturated carbocycles. The molecule has 172 valence electrons. The monoisotopic (exact) mass is 486 g/mol. The van der Waals surface area contributed by atoms with E-state index < -0.39 is 17.8 Å². The van der Waals surface area contributed by atoms with E-state index in [4.69, 9.17) is 21.1 Å². The van der Waals surface area contributed by atoms with Crippen LogP contribution in [-0.2, 0) is 9.59 Å². The Morgan fingerprint density at radius 1 is 0.939 bits per heavy atom. The second-order valence-electron chi connectivity index (χ2n) is 7.04. The number of anilines is 2. The molecule has 0 saturated heterocycles. The van der Waals surface area contributed by atoms with Gasteiger partial charge in [-0.1, -0.05) is 25.4 Å². The molecule has 0 aliphatic rings. The van der Waals surface area contributed by atoms with Crippen molar-refractivity contribution in [3.05, 3.63) is 64.6 Å². The van der Waals surface area contributed by atoms with Crippen molar-refractivity contribution in [2.24, 2.45) is 0 Å². The van der Waals surface area contributed by atoms with Crippen LogP contribution in [0.25, 0.3) is 0 Å². The summed E-state index contributed by atoms with van der Waals surface area (Å²) in [6.07, 6.45) is 3.22. The molecule has 0 bridgehead atoms. The molecule has 0 aliphatic carbocycles. The number of carbonyl (C=O) groups excluding carboxylic acids is 3. The maximum atomic E-state index is 13.5. The third-order valence-corrected chi connectivity index (χ3v) is 5.45. The number of esters is 2. The maximum absolute atomic E-state index is 13.5. The molecule has 0 unspecified atom stereocenters. The van der Waals surface area contributed by atoms with E-state index >= 15 is 0 Å². The topological polar surface area (TPSA) is 85.8 Å². The van der Waals surface area contributed by atoms with Gasteiger partial charge in [-0.05, 0) is 55.3 Å². The van der Waals surface area contributed by atoms with Crippen LogP contribution in [0.3, 0.4) is 0 Å². The van der Waals surface area contributed by atoms with Gasteiger partial charge in [0.05, 0.1) is 5.69 Å².